The summed E-state index contributed by atoms with van der Waals surface area (Å²) in [6.07, 6.45) is 5.05. The topological polar surface area (TPSA) is 24.5 Å². The molecule has 0 spiro atoms. The van der Waals surface area contributed by atoms with Crippen LogP contribution in [0.5, 0.6) is 0 Å². The van der Waals surface area contributed by atoms with Crippen molar-refractivity contribution in [1.82, 2.24) is 10.4 Å². The molecule has 2 aliphatic heterocycles. The molecule has 0 aromatic rings. The molecule has 0 atom stereocenters. The van der Waals surface area contributed by atoms with E-state index in [0.717, 1.165) is 26.2 Å². The smallest absolute Gasteiger partial charge is 0.0685 e. The summed E-state index contributed by atoms with van der Waals surface area (Å²) in [5.74, 6) is 0. The van der Waals surface area contributed by atoms with E-state index in [1.165, 1.54) is 25.7 Å². The highest BCUT2D eigenvalue weighted by Crippen LogP contribution is 2.16. The third kappa shape index (κ3) is 1.97. The normalized spacial score (nSPS) is 29.0. The fourth-order valence-corrected chi connectivity index (χ4v) is 2.00. The van der Waals surface area contributed by atoms with E-state index in [1.54, 1.807) is 0 Å². The van der Waals surface area contributed by atoms with Crippen LogP contribution in [-0.4, -0.2) is 37.3 Å². The Balaban J connectivity index is 1.80. The molecule has 0 unspecified atom stereocenters. The Labute approximate surface area is 74.0 Å². The number of nitrogens with zero attached hydrogens (tertiary/aromatic N) is 1. The molecule has 0 aromatic heterocycles. The van der Waals surface area contributed by atoms with Crippen molar-refractivity contribution in [2.45, 2.75) is 31.7 Å². The van der Waals surface area contributed by atoms with E-state index in [-0.39, 0.29) is 0 Å². The third-order valence-electron chi connectivity index (χ3n) is 2.75. The van der Waals surface area contributed by atoms with Crippen molar-refractivity contribution in [2.75, 3.05) is 26.2 Å². The summed E-state index contributed by atoms with van der Waals surface area (Å²) in [4.78, 5) is 5.62. The van der Waals surface area contributed by atoms with Crippen LogP contribution in [0.4, 0.5) is 0 Å². The van der Waals surface area contributed by atoms with Crippen LogP contribution in [0.25, 0.3) is 0 Å². The zero-order valence-electron chi connectivity index (χ0n) is 7.59. The summed E-state index contributed by atoms with van der Waals surface area (Å²) in [5.41, 5.74) is 0. The number of piperidine rings is 1. The van der Waals surface area contributed by atoms with Crippen molar-refractivity contribution in [1.29, 1.82) is 0 Å². The maximum absolute atomic E-state index is 5.62. The van der Waals surface area contributed by atoms with E-state index >= 15 is 0 Å². The fraction of sp³-hybridized carbons (Fsp3) is 1.00. The summed E-state index contributed by atoms with van der Waals surface area (Å²) < 4.78 is 0. The second-order valence-electron chi connectivity index (χ2n) is 3.66. The van der Waals surface area contributed by atoms with Crippen molar-refractivity contribution < 1.29 is 4.84 Å². The summed E-state index contributed by atoms with van der Waals surface area (Å²) in [5, 5.41) is 5.58. The number of hydroxylamine groups is 2. The number of rotatable bonds is 1. The Kier molecular flexibility index (Phi) is 2.98. The average Bonchev–Trinajstić information content (AvgIpc) is 2.21. The van der Waals surface area contributed by atoms with Crippen LogP contribution in [0.3, 0.4) is 0 Å². The number of nitrogens with one attached hydrogen (secondary N) is 1. The Morgan fingerprint density at radius 2 is 2.00 bits per heavy atom. The first-order chi connectivity index (χ1) is 5.97. The van der Waals surface area contributed by atoms with Crippen molar-refractivity contribution in [3.63, 3.8) is 0 Å². The van der Waals surface area contributed by atoms with Gasteiger partial charge in [0.25, 0.3) is 0 Å². The Morgan fingerprint density at radius 1 is 1.17 bits per heavy atom. The molecule has 0 aromatic carbocycles. The lowest BCUT2D eigenvalue weighted by atomic mass is 10.1. The van der Waals surface area contributed by atoms with Crippen molar-refractivity contribution >= 4 is 0 Å². The largest absolute Gasteiger partial charge is 0.317 e. The molecule has 2 rings (SSSR count). The molecule has 2 saturated heterocycles. The van der Waals surface area contributed by atoms with Gasteiger partial charge in [-0.15, -0.1) is 0 Å². The van der Waals surface area contributed by atoms with Crippen LogP contribution >= 0.6 is 0 Å². The van der Waals surface area contributed by atoms with E-state index in [1.807, 2.05) is 0 Å². The molecule has 3 nitrogen and oxygen atoms in total. The number of hydrogen-bond acceptors (Lipinski definition) is 3. The van der Waals surface area contributed by atoms with E-state index in [0.29, 0.717) is 6.04 Å². The summed E-state index contributed by atoms with van der Waals surface area (Å²) in [6, 6.07) is 0.687. The number of hydrogen-bond donors (Lipinski definition) is 1. The summed E-state index contributed by atoms with van der Waals surface area (Å²) >= 11 is 0. The van der Waals surface area contributed by atoms with Crippen LogP contribution in [-0.2, 0) is 4.84 Å². The Bertz CT molecular complexity index is 112. The molecule has 0 bridgehead atoms. The quantitative estimate of drug-likeness (QED) is 0.629. The minimum atomic E-state index is 0.687. The fourth-order valence-electron chi connectivity index (χ4n) is 2.00. The Hall–Kier alpha value is -0.120. The molecule has 70 valence electrons. The van der Waals surface area contributed by atoms with Gasteiger partial charge in [-0.2, -0.15) is 5.06 Å². The van der Waals surface area contributed by atoms with Gasteiger partial charge in [-0.1, -0.05) is 0 Å². The molecule has 0 radical (unpaired) electrons. The second kappa shape index (κ2) is 4.21. The standard InChI is InChI=1S/C9H18N2O/c1-2-8-12-11(7-1)9-3-5-10-6-4-9/h9-10H,1-8H2. The van der Waals surface area contributed by atoms with Gasteiger partial charge in [-0.05, 0) is 38.8 Å². The zero-order chi connectivity index (χ0) is 8.23. The molecule has 2 aliphatic rings. The lowest BCUT2D eigenvalue weighted by Gasteiger charge is -2.35. The van der Waals surface area contributed by atoms with Gasteiger partial charge in [0.2, 0.25) is 0 Å². The highest BCUT2D eigenvalue weighted by Gasteiger charge is 2.22. The first kappa shape index (κ1) is 8.48. The average molecular weight is 170 g/mol. The zero-order valence-corrected chi connectivity index (χ0v) is 7.59. The van der Waals surface area contributed by atoms with Gasteiger partial charge in [0.05, 0.1) is 6.61 Å². The lowest BCUT2D eigenvalue weighted by molar-refractivity contribution is -0.210. The van der Waals surface area contributed by atoms with Gasteiger partial charge in [0.1, 0.15) is 0 Å². The van der Waals surface area contributed by atoms with Crippen LogP contribution in [0, 0.1) is 0 Å². The van der Waals surface area contributed by atoms with E-state index in [2.05, 4.69) is 10.4 Å². The predicted molar refractivity (Wildman–Crippen MR) is 47.8 cm³/mol. The SMILES string of the molecule is C1CCN(C2CCNCC2)OC1. The predicted octanol–water partition coefficient (Wildman–Crippen LogP) is 0.766. The minimum Gasteiger partial charge on any atom is -0.317 e. The molecule has 2 heterocycles. The Morgan fingerprint density at radius 3 is 2.67 bits per heavy atom. The third-order valence-corrected chi connectivity index (χ3v) is 2.75. The molecule has 0 saturated carbocycles. The molecule has 2 fully saturated rings. The van der Waals surface area contributed by atoms with Crippen LogP contribution in [0.15, 0.2) is 0 Å². The molecular weight excluding hydrogens is 152 g/mol. The highest BCUT2D eigenvalue weighted by atomic mass is 16.7. The van der Waals surface area contributed by atoms with Gasteiger partial charge >= 0.3 is 0 Å². The molecule has 1 N–H and O–H groups in total. The van der Waals surface area contributed by atoms with Crippen LogP contribution in [0.2, 0.25) is 0 Å². The van der Waals surface area contributed by atoms with Gasteiger partial charge in [0, 0.05) is 12.6 Å². The van der Waals surface area contributed by atoms with Gasteiger partial charge < -0.3 is 5.32 Å². The van der Waals surface area contributed by atoms with Gasteiger partial charge in [-0.25, -0.2) is 0 Å². The second-order valence-corrected chi connectivity index (χ2v) is 3.66. The van der Waals surface area contributed by atoms with E-state index in [4.69, 9.17) is 4.84 Å². The maximum Gasteiger partial charge on any atom is 0.0685 e. The van der Waals surface area contributed by atoms with E-state index in [9.17, 15) is 0 Å². The first-order valence-electron chi connectivity index (χ1n) is 5.07. The highest BCUT2D eigenvalue weighted by molar-refractivity contribution is 4.74. The van der Waals surface area contributed by atoms with Crippen molar-refractivity contribution in [3.8, 4) is 0 Å². The summed E-state index contributed by atoms with van der Waals surface area (Å²) in [6.45, 7) is 4.39. The molecule has 0 aliphatic carbocycles. The monoisotopic (exact) mass is 170 g/mol. The van der Waals surface area contributed by atoms with Crippen molar-refractivity contribution in [3.05, 3.63) is 0 Å². The van der Waals surface area contributed by atoms with Crippen molar-refractivity contribution in [2.24, 2.45) is 0 Å². The van der Waals surface area contributed by atoms with Crippen LogP contribution in [0.1, 0.15) is 25.7 Å². The van der Waals surface area contributed by atoms with Crippen LogP contribution < -0.4 is 5.32 Å². The summed E-state index contributed by atoms with van der Waals surface area (Å²) in [7, 11) is 0. The van der Waals surface area contributed by atoms with Gasteiger partial charge in [-0.3, -0.25) is 4.84 Å². The lowest BCUT2D eigenvalue weighted by Crippen LogP contribution is -2.45. The molecular formula is C9H18N2O. The van der Waals surface area contributed by atoms with Gasteiger partial charge in [0.15, 0.2) is 0 Å². The molecule has 12 heavy (non-hydrogen) atoms. The minimum absolute atomic E-state index is 0.687. The first-order valence-corrected chi connectivity index (χ1v) is 5.07. The molecule has 0 amide bonds. The van der Waals surface area contributed by atoms with E-state index < -0.39 is 0 Å². The molecule has 3 heteroatoms. The maximum atomic E-state index is 5.62.